The molecule has 0 unspecified atom stereocenters. The van der Waals surface area contributed by atoms with Crippen molar-refractivity contribution in [1.82, 2.24) is 0 Å². The van der Waals surface area contributed by atoms with Crippen LogP contribution in [0.2, 0.25) is 0 Å². The smallest absolute Gasteiger partial charge is 0.0607 e. The van der Waals surface area contributed by atoms with E-state index in [4.69, 9.17) is 0 Å². The highest BCUT2D eigenvalue weighted by atomic mass is 15.3. The van der Waals surface area contributed by atoms with Gasteiger partial charge in [-0.2, -0.15) is 0 Å². The number of hydrogen-bond acceptors (Lipinski definition) is 2. The predicted octanol–water partition coefficient (Wildman–Crippen LogP) is 3.56. The van der Waals surface area contributed by atoms with Crippen LogP contribution in [0, 0.1) is 6.92 Å². The van der Waals surface area contributed by atoms with Crippen molar-refractivity contribution in [2.75, 3.05) is 23.3 Å². The molecule has 3 rings (SSSR count). The summed E-state index contributed by atoms with van der Waals surface area (Å²) in [5, 5.41) is 3.66. The van der Waals surface area contributed by atoms with Gasteiger partial charge in [0.1, 0.15) is 0 Å². The fraction of sp³-hybridized carbons (Fsp3) is 0.600. The lowest BCUT2D eigenvalue weighted by atomic mass is 9.91. The van der Waals surface area contributed by atoms with E-state index in [2.05, 4.69) is 42.3 Å². The maximum Gasteiger partial charge on any atom is 0.0607 e. The number of hydrogen-bond donors (Lipinski definition) is 1. The minimum atomic E-state index is 0.400. The zero-order chi connectivity index (χ0) is 11.9. The summed E-state index contributed by atoms with van der Waals surface area (Å²) in [6.45, 7) is 6.70. The maximum absolute atomic E-state index is 3.66. The lowest BCUT2D eigenvalue weighted by Gasteiger charge is -2.47. The van der Waals surface area contributed by atoms with E-state index in [0.717, 1.165) is 13.1 Å². The number of nitrogens with one attached hydrogen (secondary N) is 1. The Morgan fingerprint density at radius 1 is 1.29 bits per heavy atom. The second-order valence-electron chi connectivity index (χ2n) is 5.55. The van der Waals surface area contributed by atoms with E-state index in [1.807, 2.05) is 0 Å². The van der Waals surface area contributed by atoms with Gasteiger partial charge in [-0.25, -0.2) is 0 Å². The number of benzene rings is 1. The first kappa shape index (κ1) is 10.9. The number of rotatable bonds is 1. The number of likely N-dealkylation sites (N-methyl/N-ethyl adjacent to an activating group) is 1. The molecule has 1 aromatic rings. The highest BCUT2D eigenvalue weighted by molar-refractivity contribution is 5.74. The van der Waals surface area contributed by atoms with E-state index in [1.54, 1.807) is 0 Å². The number of aryl methyl sites for hydroxylation is 1. The molecule has 2 aliphatic rings. The molecule has 2 heteroatoms. The third-order valence-electron chi connectivity index (χ3n) is 4.47. The Hall–Kier alpha value is -1.18. The maximum atomic E-state index is 3.66. The molecule has 1 fully saturated rings. The van der Waals surface area contributed by atoms with Crippen molar-refractivity contribution in [1.29, 1.82) is 0 Å². The molecule has 1 aliphatic carbocycles. The molecule has 1 aliphatic heterocycles. The minimum absolute atomic E-state index is 0.400. The van der Waals surface area contributed by atoms with Gasteiger partial charge < -0.3 is 10.2 Å². The first-order chi connectivity index (χ1) is 8.25. The zero-order valence-electron chi connectivity index (χ0n) is 10.9. The van der Waals surface area contributed by atoms with E-state index < -0.39 is 0 Å². The van der Waals surface area contributed by atoms with Crippen LogP contribution in [0.25, 0.3) is 0 Å². The van der Waals surface area contributed by atoms with E-state index in [1.165, 1.54) is 42.6 Å². The Kier molecular flexibility index (Phi) is 2.53. The van der Waals surface area contributed by atoms with Crippen molar-refractivity contribution in [3.8, 4) is 0 Å². The quantitative estimate of drug-likeness (QED) is 0.793. The Morgan fingerprint density at radius 3 is 2.76 bits per heavy atom. The predicted molar refractivity (Wildman–Crippen MR) is 73.9 cm³/mol. The molecule has 92 valence electrons. The van der Waals surface area contributed by atoms with Crippen LogP contribution in [0.3, 0.4) is 0 Å². The topological polar surface area (TPSA) is 15.3 Å². The van der Waals surface area contributed by atoms with E-state index in [9.17, 15) is 0 Å². The van der Waals surface area contributed by atoms with E-state index in [-0.39, 0.29) is 0 Å². The second-order valence-corrected chi connectivity index (χ2v) is 5.55. The van der Waals surface area contributed by atoms with Crippen molar-refractivity contribution < 1.29 is 0 Å². The fourth-order valence-corrected chi connectivity index (χ4v) is 3.62. The SMILES string of the molecule is CCN1c2ccc(C)cc2NCC12CCCC2. The van der Waals surface area contributed by atoms with Gasteiger partial charge in [0, 0.05) is 13.1 Å². The molecular weight excluding hydrogens is 208 g/mol. The molecule has 17 heavy (non-hydrogen) atoms. The van der Waals surface area contributed by atoms with Crippen LogP contribution >= 0.6 is 0 Å². The standard InChI is InChI=1S/C15H22N2/c1-3-17-14-7-6-12(2)10-13(14)16-11-15(17)8-4-5-9-15/h6-7,10,16H,3-5,8-9,11H2,1-2H3. The molecule has 1 saturated carbocycles. The van der Waals surface area contributed by atoms with Crippen LogP contribution in [0.4, 0.5) is 11.4 Å². The Bertz CT molecular complexity index is 419. The lowest BCUT2D eigenvalue weighted by molar-refractivity contribution is 0.412. The molecule has 1 aromatic carbocycles. The van der Waals surface area contributed by atoms with Crippen LogP contribution in [0.5, 0.6) is 0 Å². The van der Waals surface area contributed by atoms with Crippen LogP contribution < -0.4 is 10.2 Å². The van der Waals surface area contributed by atoms with Crippen LogP contribution in [0.1, 0.15) is 38.2 Å². The molecule has 0 saturated heterocycles. The molecule has 0 bridgehead atoms. The Balaban J connectivity index is 2.03. The van der Waals surface area contributed by atoms with E-state index >= 15 is 0 Å². The normalized spacial score (nSPS) is 21.4. The number of anilines is 2. The highest BCUT2D eigenvalue weighted by Gasteiger charge is 2.42. The molecule has 2 nitrogen and oxygen atoms in total. The second kappa shape index (κ2) is 3.94. The van der Waals surface area contributed by atoms with Crippen LogP contribution in [-0.2, 0) is 0 Å². The average Bonchev–Trinajstić information content (AvgIpc) is 2.79. The Morgan fingerprint density at radius 2 is 2.06 bits per heavy atom. The zero-order valence-corrected chi connectivity index (χ0v) is 10.9. The molecule has 0 amide bonds. The molecular formula is C15H22N2. The summed E-state index contributed by atoms with van der Waals surface area (Å²) >= 11 is 0. The number of nitrogens with zero attached hydrogens (tertiary/aromatic N) is 1. The van der Waals surface area contributed by atoms with Gasteiger partial charge in [0.05, 0.1) is 16.9 Å². The summed E-state index contributed by atoms with van der Waals surface area (Å²) in [5.41, 5.74) is 4.47. The summed E-state index contributed by atoms with van der Waals surface area (Å²) in [5.74, 6) is 0. The first-order valence-corrected chi connectivity index (χ1v) is 6.87. The van der Waals surface area contributed by atoms with Gasteiger partial charge >= 0.3 is 0 Å². The molecule has 0 aromatic heterocycles. The van der Waals surface area contributed by atoms with E-state index in [0.29, 0.717) is 5.54 Å². The van der Waals surface area contributed by atoms with Gasteiger partial charge in [0.2, 0.25) is 0 Å². The molecule has 0 atom stereocenters. The summed E-state index contributed by atoms with van der Waals surface area (Å²) in [4.78, 5) is 2.64. The van der Waals surface area contributed by atoms with Crippen molar-refractivity contribution in [2.24, 2.45) is 0 Å². The molecule has 1 N–H and O–H groups in total. The third kappa shape index (κ3) is 1.62. The molecule has 0 radical (unpaired) electrons. The monoisotopic (exact) mass is 230 g/mol. The van der Waals surface area contributed by atoms with Gasteiger partial charge in [0.15, 0.2) is 0 Å². The fourth-order valence-electron chi connectivity index (χ4n) is 3.62. The Labute approximate surface area is 104 Å². The lowest BCUT2D eigenvalue weighted by Crippen LogP contribution is -2.54. The third-order valence-corrected chi connectivity index (χ3v) is 4.47. The summed E-state index contributed by atoms with van der Waals surface area (Å²) < 4.78 is 0. The van der Waals surface area contributed by atoms with Crippen LogP contribution in [-0.4, -0.2) is 18.6 Å². The first-order valence-electron chi connectivity index (χ1n) is 6.87. The van der Waals surface area contributed by atoms with Gasteiger partial charge in [-0.1, -0.05) is 18.9 Å². The van der Waals surface area contributed by atoms with Gasteiger partial charge in [-0.3, -0.25) is 0 Å². The van der Waals surface area contributed by atoms with Crippen molar-refractivity contribution in [3.63, 3.8) is 0 Å². The molecule has 1 heterocycles. The van der Waals surface area contributed by atoms with Crippen LogP contribution in [0.15, 0.2) is 18.2 Å². The van der Waals surface area contributed by atoms with Gasteiger partial charge in [-0.15, -0.1) is 0 Å². The minimum Gasteiger partial charge on any atom is -0.381 e. The van der Waals surface area contributed by atoms with Crippen molar-refractivity contribution in [3.05, 3.63) is 23.8 Å². The summed E-state index contributed by atoms with van der Waals surface area (Å²) in [6.07, 6.45) is 5.47. The summed E-state index contributed by atoms with van der Waals surface area (Å²) in [6, 6.07) is 6.80. The summed E-state index contributed by atoms with van der Waals surface area (Å²) in [7, 11) is 0. The largest absolute Gasteiger partial charge is 0.381 e. The van der Waals surface area contributed by atoms with Crippen molar-refractivity contribution >= 4 is 11.4 Å². The van der Waals surface area contributed by atoms with Crippen molar-refractivity contribution in [2.45, 2.75) is 45.1 Å². The average molecular weight is 230 g/mol. The highest BCUT2D eigenvalue weighted by Crippen LogP contribution is 2.44. The number of fused-ring (bicyclic) bond motifs is 1. The van der Waals surface area contributed by atoms with Gasteiger partial charge in [0.25, 0.3) is 0 Å². The van der Waals surface area contributed by atoms with Gasteiger partial charge in [-0.05, 0) is 44.4 Å². The molecule has 1 spiro atoms.